The quantitative estimate of drug-likeness (QED) is 0.710. The third-order valence-corrected chi connectivity index (χ3v) is 4.55. The van der Waals surface area contributed by atoms with Crippen LogP contribution in [0.4, 0.5) is 0 Å². The molecule has 1 aliphatic heterocycles. The Hall–Kier alpha value is -0.860. The van der Waals surface area contributed by atoms with Gasteiger partial charge in [0.15, 0.2) is 0 Å². The van der Waals surface area contributed by atoms with E-state index in [1.807, 2.05) is 0 Å². The van der Waals surface area contributed by atoms with Crippen LogP contribution in [0.3, 0.4) is 0 Å². The lowest BCUT2D eigenvalue weighted by molar-refractivity contribution is 0.100. The predicted molar refractivity (Wildman–Crippen MR) is 89.5 cm³/mol. The molecule has 1 aromatic carbocycles. The molecule has 1 aliphatic rings. The molecule has 3 atom stereocenters. The molecule has 0 bridgehead atoms. The fourth-order valence-corrected chi connectivity index (χ4v) is 3.31. The van der Waals surface area contributed by atoms with Crippen LogP contribution in [0.2, 0.25) is 0 Å². The van der Waals surface area contributed by atoms with E-state index in [4.69, 9.17) is 4.74 Å². The fourth-order valence-electron chi connectivity index (χ4n) is 3.31. The van der Waals surface area contributed by atoms with E-state index in [2.05, 4.69) is 49.5 Å². The number of ether oxygens (including phenoxy) is 1. The van der Waals surface area contributed by atoms with Crippen molar-refractivity contribution in [2.45, 2.75) is 64.5 Å². The van der Waals surface area contributed by atoms with Gasteiger partial charge in [-0.2, -0.15) is 0 Å². The lowest BCUT2D eigenvalue weighted by Crippen LogP contribution is -2.27. The summed E-state index contributed by atoms with van der Waals surface area (Å²) in [6.07, 6.45) is 8.04. The van der Waals surface area contributed by atoms with Gasteiger partial charge in [-0.05, 0) is 50.1 Å². The van der Waals surface area contributed by atoms with Crippen molar-refractivity contribution >= 4 is 0 Å². The summed E-state index contributed by atoms with van der Waals surface area (Å²) in [6, 6.07) is 11.4. The first-order chi connectivity index (χ1) is 10.3. The Morgan fingerprint density at radius 1 is 1.29 bits per heavy atom. The van der Waals surface area contributed by atoms with Gasteiger partial charge in [-0.25, -0.2) is 0 Å². The Labute approximate surface area is 130 Å². The number of nitrogens with one attached hydrogen (secondary N) is 1. The SMILES string of the molecule is CCCNC(c1ccccc1)C(C)CCCC1CCCO1. The van der Waals surface area contributed by atoms with E-state index in [9.17, 15) is 0 Å². The second kappa shape index (κ2) is 9.22. The molecule has 1 saturated heterocycles. The monoisotopic (exact) mass is 289 g/mol. The third kappa shape index (κ3) is 5.44. The summed E-state index contributed by atoms with van der Waals surface area (Å²) in [4.78, 5) is 0. The zero-order chi connectivity index (χ0) is 14.9. The summed E-state index contributed by atoms with van der Waals surface area (Å²) in [7, 11) is 0. The summed E-state index contributed by atoms with van der Waals surface area (Å²) in [5.74, 6) is 0.667. The molecule has 0 aromatic heterocycles. The van der Waals surface area contributed by atoms with Crippen LogP contribution in [-0.2, 0) is 4.74 Å². The highest BCUT2D eigenvalue weighted by molar-refractivity contribution is 5.19. The second-order valence-electron chi connectivity index (χ2n) is 6.39. The van der Waals surface area contributed by atoms with Crippen molar-refractivity contribution in [1.82, 2.24) is 5.32 Å². The highest BCUT2D eigenvalue weighted by Crippen LogP contribution is 2.27. The summed E-state index contributed by atoms with van der Waals surface area (Å²) in [5.41, 5.74) is 1.43. The normalized spacial score (nSPS) is 21.3. The van der Waals surface area contributed by atoms with Crippen molar-refractivity contribution in [3.63, 3.8) is 0 Å². The molecule has 0 saturated carbocycles. The molecule has 0 radical (unpaired) electrons. The van der Waals surface area contributed by atoms with E-state index in [1.54, 1.807) is 0 Å². The van der Waals surface area contributed by atoms with Gasteiger partial charge in [-0.1, -0.05) is 50.6 Å². The minimum Gasteiger partial charge on any atom is -0.378 e. The molecule has 0 amide bonds. The Balaban J connectivity index is 1.83. The van der Waals surface area contributed by atoms with Crippen LogP contribution in [0.1, 0.15) is 64.0 Å². The van der Waals surface area contributed by atoms with Crippen molar-refractivity contribution in [3.05, 3.63) is 35.9 Å². The molecule has 2 nitrogen and oxygen atoms in total. The molecule has 21 heavy (non-hydrogen) atoms. The van der Waals surface area contributed by atoms with Gasteiger partial charge in [0, 0.05) is 12.6 Å². The third-order valence-electron chi connectivity index (χ3n) is 4.55. The van der Waals surface area contributed by atoms with Gasteiger partial charge < -0.3 is 10.1 Å². The first kappa shape index (κ1) is 16.5. The van der Waals surface area contributed by atoms with Crippen molar-refractivity contribution < 1.29 is 4.74 Å². The maximum absolute atomic E-state index is 5.73. The molecule has 0 aliphatic carbocycles. The van der Waals surface area contributed by atoms with Crippen LogP contribution in [0.25, 0.3) is 0 Å². The summed E-state index contributed by atoms with van der Waals surface area (Å²) in [6.45, 7) is 6.69. The van der Waals surface area contributed by atoms with Crippen molar-refractivity contribution in [2.75, 3.05) is 13.2 Å². The van der Waals surface area contributed by atoms with Gasteiger partial charge >= 0.3 is 0 Å². The Bertz CT molecular complexity index is 372. The van der Waals surface area contributed by atoms with Gasteiger partial charge in [0.25, 0.3) is 0 Å². The van der Waals surface area contributed by atoms with Crippen LogP contribution in [0.5, 0.6) is 0 Å². The van der Waals surface area contributed by atoms with E-state index in [0.717, 1.165) is 13.2 Å². The van der Waals surface area contributed by atoms with E-state index in [1.165, 1.54) is 44.1 Å². The Kier molecular flexibility index (Phi) is 7.25. The fraction of sp³-hybridized carbons (Fsp3) is 0.684. The number of hydrogen-bond acceptors (Lipinski definition) is 2. The number of rotatable bonds is 9. The first-order valence-corrected chi connectivity index (χ1v) is 8.71. The van der Waals surface area contributed by atoms with E-state index >= 15 is 0 Å². The van der Waals surface area contributed by atoms with Gasteiger partial charge in [0.2, 0.25) is 0 Å². The van der Waals surface area contributed by atoms with Crippen LogP contribution in [0, 0.1) is 5.92 Å². The molecule has 118 valence electrons. The molecule has 1 heterocycles. The van der Waals surface area contributed by atoms with Crippen LogP contribution >= 0.6 is 0 Å². The Morgan fingerprint density at radius 2 is 2.10 bits per heavy atom. The first-order valence-electron chi connectivity index (χ1n) is 8.71. The average molecular weight is 289 g/mol. The molecule has 0 spiro atoms. The van der Waals surface area contributed by atoms with E-state index in [-0.39, 0.29) is 0 Å². The smallest absolute Gasteiger partial charge is 0.0576 e. The molecule has 2 heteroatoms. The zero-order valence-electron chi connectivity index (χ0n) is 13.7. The van der Waals surface area contributed by atoms with Crippen LogP contribution < -0.4 is 5.32 Å². The van der Waals surface area contributed by atoms with E-state index in [0.29, 0.717) is 18.1 Å². The van der Waals surface area contributed by atoms with Gasteiger partial charge in [0.1, 0.15) is 0 Å². The molecule has 1 N–H and O–H groups in total. The molecule has 1 fully saturated rings. The molecule has 2 rings (SSSR count). The molecular weight excluding hydrogens is 258 g/mol. The average Bonchev–Trinajstić information content (AvgIpc) is 3.02. The Morgan fingerprint density at radius 3 is 2.76 bits per heavy atom. The summed E-state index contributed by atoms with van der Waals surface area (Å²) < 4.78 is 5.73. The minimum absolute atomic E-state index is 0.482. The highest BCUT2D eigenvalue weighted by atomic mass is 16.5. The maximum Gasteiger partial charge on any atom is 0.0576 e. The highest BCUT2D eigenvalue weighted by Gasteiger charge is 2.20. The van der Waals surface area contributed by atoms with Gasteiger partial charge in [-0.3, -0.25) is 0 Å². The predicted octanol–water partition coefficient (Wildman–Crippen LogP) is 4.71. The molecule has 1 aromatic rings. The largest absolute Gasteiger partial charge is 0.378 e. The lowest BCUT2D eigenvalue weighted by atomic mass is 9.89. The van der Waals surface area contributed by atoms with Crippen LogP contribution in [0.15, 0.2) is 30.3 Å². The molecular formula is C19H31NO. The maximum atomic E-state index is 5.73. The molecule has 3 unspecified atom stereocenters. The summed E-state index contributed by atoms with van der Waals surface area (Å²) in [5, 5.41) is 3.73. The topological polar surface area (TPSA) is 21.3 Å². The van der Waals surface area contributed by atoms with Crippen molar-refractivity contribution in [1.29, 1.82) is 0 Å². The number of benzene rings is 1. The lowest BCUT2D eigenvalue weighted by Gasteiger charge is -2.26. The summed E-state index contributed by atoms with van der Waals surface area (Å²) >= 11 is 0. The van der Waals surface area contributed by atoms with Crippen molar-refractivity contribution in [3.8, 4) is 0 Å². The van der Waals surface area contributed by atoms with Crippen LogP contribution in [-0.4, -0.2) is 19.3 Å². The van der Waals surface area contributed by atoms with Crippen molar-refractivity contribution in [2.24, 2.45) is 5.92 Å². The van der Waals surface area contributed by atoms with Gasteiger partial charge in [0.05, 0.1) is 6.10 Å². The van der Waals surface area contributed by atoms with Gasteiger partial charge in [-0.15, -0.1) is 0 Å². The second-order valence-corrected chi connectivity index (χ2v) is 6.39. The van der Waals surface area contributed by atoms with E-state index < -0.39 is 0 Å². The zero-order valence-corrected chi connectivity index (χ0v) is 13.7. The standard InChI is InChI=1S/C19H31NO/c1-3-14-20-19(17-10-5-4-6-11-17)16(2)9-7-12-18-13-8-15-21-18/h4-6,10-11,16,18-20H,3,7-9,12-15H2,1-2H3. The minimum atomic E-state index is 0.482. The number of hydrogen-bond donors (Lipinski definition) is 1.